The van der Waals surface area contributed by atoms with Gasteiger partial charge in [0.15, 0.2) is 0 Å². The van der Waals surface area contributed by atoms with Gasteiger partial charge in [-0.2, -0.15) is 0 Å². The molecule has 0 heterocycles. The summed E-state index contributed by atoms with van der Waals surface area (Å²) < 4.78 is 0. The predicted octanol–water partition coefficient (Wildman–Crippen LogP) is 5.24. The van der Waals surface area contributed by atoms with Gasteiger partial charge in [-0.25, -0.2) is 0 Å². The lowest BCUT2D eigenvalue weighted by Crippen LogP contribution is -1.78. The summed E-state index contributed by atoms with van der Waals surface area (Å²) in [4.78, 5) is 0. The minimum absolute atomic E-state index is 0. The minimum Gasteiger partial charge on any atom is -0.0683 e. The molecule has 0 amide bonds. The second-order valence-electron chi connectivity index (χ2n) is 3.73. The van der Waals surface area contributed by atoms with Crippen LogP contribution in [-0.2, 0) is 0 Å². The highest BCUT2D eigenvalue weighted by Crippen LogP contribution is 2.19. The molecule has 0 aromatic heterocycles. The highest BCUT2D eigenvalue weighted by Gasteiger charge is 1.95. The van der Waals surface area contributed by atoms with Crippen LogP contribution >= 0.6 is 0 Å². The SMILES string of the molecule is CC.Cc1ccc(-c2ccc(C)cc2)cc1.[HH]. The molecule has 0 nitrogen and oxygen atoms in total. The van der Waals surface area contributed by atoms with Crippen molar-refractivity contribution in [2.24, 2.45) is 0 Å². The van der Waals surface area contributed by atoms with Crippen LogP contribution in [0.25, 0.3) is 11.1 Å². The second-order valence-corrected chi connectivity index (χ2v) is 3.73. The Morgan fingerprint density at radius 3 is 1.06 bits per heavy atom. The van der Waals surface area contributed by atoms with Crippen molar-refractivity contribution in [3.63, 3.8) is 0 Å². The van der Waals surface area contributed by atoms with Crippen molar-refractivity contribution in [3.05, 3.63) is 59.7 Å². The van der Waals surface area contributed by atoms with Crippen molar-refractivity contribution in [2.75, 3.05) is 0 Å². The molecule has 16 heavy (non-hydrogen) atoms. The van der Waals surface area contributed by atoms with E-state index in [0.29, 0.717) is 0 Å². The van der Waals surface area contributed by atoms with Crippen LogP contribution in [0.3, 0.4) is 0 Å². The minimum atomic E-state index is 0. The Kier molecular flexibility index (Phi) is 4.78. The molecule has 0 heteroatoms. The molecule has 0 saturated carbocycles. The summed E-state index contributed by atoms with van der Waals surface area (Å²) in [5.41, 5.74) is 5.19. The predicted molar refractivity (Wildman–Crippen MR) is 74.8 cm³/mol. The maximum atomic E-state index is 2.17. The molecule has 0 saturated heterocycles. The van der Waals surface area contributed by atoms with E-state index in [2.05, 4.69) is 62.4 Å². The molecule has 86 valence electrons. The molecule has 0 fully saturated rings. The maximum absolute atomic E-state index is 2.17. The normalized spacial score (nSPS) is 9.25. The summed E-state index contributed by atoms with van der Waals surface area (Å²) in [6.45, 7) is 8.22. The van der Waals surface area contributed by atoms with Crippen molar-refractivity contribution in [3.8, 4) is 11.1 Å². The molecule has 0 radical (unpaired) electrons. The van der Waals surface area contributed by atoms with Crippen molar-refractivity contribution >= 4 is 0 Å². The fraction of sp³-hybridized carbons (Fsp3) is 0.250. The number of hydrogen-bond donors (Lipinski definition) is 0. The van der Waals surface area contributed by atoms with Crippen LogP contribution in [0.1, 0.15) is 26.4 Å². The lowest BCUT2D eigenvalue weighted by atomic mass is 10.0. The van der Waals surface area contributed by atoms with E-state index < -0.39 is 0 Å². The van der Waals surface area contributed by atoms with Crippen molar-refractivity contribution in [1.29, 1.82) is 0 Å². The Labute approximate surface area is 100 Å². The highest BCUT2D eigenvalue weighted by molar-refractivity contribution is 5.63. The Morgan fingerprint density at radius 2 is 0.812 bits per heavy atom. The molecule has 0 aliphatic rings. The van der Waals surface area contributed by atoms with E-state index in [1.807, 2.05) is 13.8 Å². The number of benzene rings is 2. The standard InChI is InChI=1S/C14H14.C2H6.H2/c1-11-3-7-13(8-4-11)14-9-5-12(2)6-10-14;1-2;/h3-10H,1-2H3;1-2H3;1H. The van der Waals surface area contributed by atoms with Gasteiger partial charge in [-0.3, -0.25) is 0 Å². The van der Waals surface area contributed by atoms with Crippen LogP contribution in [0.4, 0.5) is 0 Å². The lowest BCUT2D eigenvalue weighted by molar-refractivity contribution is 1.45. The van der Waals surface area contributed by atoms with Crippen LogP contribution in [0.2, 0.25) is 0 Å². The van der Waals surface area contributed by atoms with Gasteiger partial charge in [0.05, 0.1) is 0 Å². The Bertz CT molecular complexity index is 369. The van der Waals surface area contributed by atoms with Crippen molar-refractivity contribution in [2.45, 2.75) is 27.7 Å². The summed E-state index contributed by atoms with van der Waals surface area (Å²) in [5.74, 6) is 0. The first-order valence-corrected chi connectivity index (χ1v) is 5.89. The van der Waals surface area contributed by atoms with Gasteiger partial charge >= 0.3 is 0 Å². The summed E-state index contributed by atoms with van der Waals surface area (Å²) in [7, 11) is 0. The third-order valence-corrected chi connectivity index (χ3v) is 2.44. The van der Waals surface area contributed by atoms with Gasteiger partial charge in [0.2, 0.25) is 0 Å². The molecule has 0 bridgehead atoms. The number of aryl methyl sites for hydroxylation is 2. The zero-order chi connectivity index (χ0) is 12.0. The molecule has 0 unspecified atom stereocenters. The van der Waals surface area contributed by atoms with E-state index in [-0.39, 0.29) is 1.43 Å². The summed E-state index contributed by atoms with van der Waals surface area (Å²) in [6.07, 6.45) is 0. The van der Waals surface area contributed by atoms with Crippen LogP contribution in [0.15, 0.2) is 48.5 Å². The Balaban J connectivity index is 0.000000811. The molecular weight excluding hydrogens is 192 g/mol. The Hall–Kier alpha value is -1.56. The molecule has 0 aliphatic carbocycles. The van der Waals surface area contributed by atoms with Crippen LogP contribution in [-0.4, -0.2) is 0 Å². The van der Waals surface area contributed by atoms with Gasteiger partial charge in [-0.05, 0) is 25.0 Å². The molecule has 0 aliphatic heterocycles. The van der Waals surface area contributed by atoms with Crippen LogP contribution in [0, 0.1) is 13.8 Å². The van der Waals surface area contributed by atoms with Gasteiger partial charge < -0.3 is 0 Å². The molecule has 2 rings (SSSR count). The van der Waals surface area contributed by atoms with Crippen LogP contribution in [0.5, 0.6) is 0 Å². The van der Waals surface area contributed by atoms with Gasteiger partial charge in [0.25, 0.3) is 0 Å². The number of hydrogen-bond acceptors (Lipinski definition) is 0. The molecule has 0 N–H and O–H groups in total. The van der Waals surface area contributed by atoms with Crippen molar-refractivity contribution < 1.29 is 1.43 Å². The summed E-state index contributed by atoms with van der Waals surface area (Å²) in [6, 6.07) is 17.3. The topological polar surface area (TPSA) is 0 Å². The van der Waals surface area contributed by atoms with E-state index in [9.17, 15) is 0 Å². The largest absolute Gasteiger partial charge is 0.0683 e. The fourth-order valence-corrected chi connectivity index (χ4v) is 1.49. The van der Waals surface area contributed by atoms with Gasteiger partial charge in [-0.1, -0.05) is 73.5 Å². The third-order valence-electron chi connectivity index (χ3n) is 2.44. The van der Waals surface area contributed by atoms with E-state index in [1.54, 1.807) is 0 Å². The molecule has 2 aromatic rings. The third kappa shape index (κ3) is 3.23. The van der Waals surface area contributed by atoms with E-state index >= 15 is 0 Å². The summed E-state index contributed by atoms with van der Waals surface area (Å²) in [5, 5.41) is 0. The molecular formula is C16H22. The van der Waals surface area contributed by atoms with E-state index in [0.717, 1.165) is 0 Å². The van der Waals surface area contributed by atoms with Gasteiger partial charge in [0, 0.05) is 1.43 Å². The smallest absolute Gasteiger partial charge is 0 e. The Morgan fingerprint density at radius 1 is 0.562 bits per heavy atom. The van der Waals surface area contributed by atoms with Gasteiger partial charge in [0.1, 0.15) is 0 Å². The number of rotatable bonds is 1. The zero-order valence-corrected chi connectivity index (χ0v) is 10.6. The quantitative estimate of drug-likeness (QED) is 0.608. The van der Waals surface area contributed by atoms with E-state index in [4.69, 9.17) is 0 Å². The second kappa shape index (κ2) is 6.12. The first-order valence-electron chi connectivity index (χ1n) is 5.89. The lowest BCUT2D eigenvalue weighted by Gasteiger charge is -2.02. The average Bonchev–Trinajstić information content (AvgIpc) is 2.34. The average molecular weight is 214 g/mol. The highest BCUT2D eigenvalue weighted by atomic mass is 14.0. The molecule has 0 atom stereocenters. The maximum Gasteiger partial charge on any atom is 0 e. The van der Waals surface area contributed by atoms with E-state index in [1.165, 1.54) is 22.3 Å². The van der Waals surface area contributed by atoms with Gasteiger partial charge in [-0.15, -0.1) is 0 Å². The molecule has 0 spiro atoms. The fourth-order valence-electron chi connectivity index (χ4n) is 1.49. The summed E-state index contributed by atoms with van der Waals surface area (Å²) >= 11 is 0. The van der Waals surface area contributed by atoms with Crippen LogP contribution < -0.4 is 0 Å². The zero-order valence-electron chi connectivity index (χ0n) is 10.6. The first kappa shape index (κ1) is 12.5. The van der Waals surface area contributed by atoms with Crippen molar-refractivity contribution in [1.82, 2.24) is 0 Å². The molecule has 2 aromatic carbocycles. The monoisotopic (exact) mass is 214 g/mol. The first-order chi connectivity index (χ1) is 7.75.